The molecule has 1 heterocycles. The molecule has 0 aromatic heterocycles. The van der Waals surface area contributed by atoms with Crippen molar-refractivity contribution in [3.8, 4) is 0 Å². The van der Waals surface area contributed by atoms with Crippen LogP contribution in [0, 0.1) is 0 Å². The molecule has 0 spiro atoms. The predicted molar refractivity (Wildman–Crippen MR) is 33.2 cm³/mol. The Morgan fingerprint density at radius 2 is 2.33 bits per heavy atom. The minimum absolute atomic E-state index is 0.120. The molecule has 0 aromatic rings. The molecule has 3 nitrogen and oxygen atoms in total. The predicted octanol–water partition coefficient (Wildman–Crippen LogP) is 0.640. The Hall–Kier alpha value is -0.510. The van der Waals surface area contributed by atoms with Gasteiger partial charge in [-0.2, -0.15) is 8.42 Å². The lowest BCUT2D eigenvalue weighted by molar-refractivity contribution is 0.429. The third kappa shape index (κ3) is 1.71. The molecule has 1 rings (SSSR count). The van der Waals surface area contributed by atoms with E-state index < -0.39 is 10.1 Å². The summed E-state index contributed by atoms with van der Waals surface area (Å²) in [6.07, 6.45) is 1.89. The van der Waals surface area contributed by atoms with Gasteiger partial charge in [-0.05, 0) is 18.9 Å². The highest BCUT2D eigenvalue weighted by Gasteiger charge is 2.14. The first-order valence-electron chi connectivity index (χ1n) is 2.67. The summed E-state index contributed by atoms with van der Waals surface area (Å²) >= 11 is 0. The van der Waals surface area contributed by atoms with Gasteiger partial charge in [0.15, 0.2) is 0 Å². The lowest BCUT2D eigenvalue weighted by Crippen LogP contribution is -2.12. The van der Waals surface area contributed by atoms with Gasteiger partial charge in [0, 0.05) is 0 Å². The molecule has 0 amide bonds. The molecule has 0 aromatic carbocycles. The third-order valence-corrected chi connectivity index (χ3v) is 2.24. The van der Waals surface area contributed by atoms with Crippen LogP contribution in [0.5, 0.6) is 0 Å². The van der Waals surface area contributed by atoms with E-state index in [0.717, 1.165) is 5.57 Å². The maximum Gasteiger partial charge on any atom is 0.308 e. The Morgan fingerprint density at radius 3 is 2.67 bits per heavy atom. The smallest absolute Gasteiger partial charge is 0.308 e. The van der Waals surface area contributed by atoms with Gasteiger partial charge in [-0.25, -0.2) is 0 Å². The molecule has 0 saturated carbocycles. The van der Waals surface area contributed by atoms with Crippen LogP contribution in [-0.2, 0) is 14.3 Å². The van der Waals surface area contributed by atoms with Crippen molar-refractivity contribution in [3.63, 3.8) is 0 Å². The summed E-state index contributed by atoms with van der Waals surface area (Å²) in [5, 5.41) is 0. The van der Waals surface area contributed by atoms with Crippen molar-refractivity contribution in [1.82, 2.24) is 0 Å². The van der Waals surface area contributed by atoms with Gasteiger partial charge >= 0.3 is 10.1 Å². The molecule has 0 N–H and O–H groups in total. The average molecular weight is 148 g/mol. The minimum Gasteiger partial charge on any atom is -0.390 e. The van der Waals surface area contributed by atoms with Gasteiger partial charge in [-0.1, -0.05) is 0 Å². The molecule has 9 heavy (non-hydrogen) atoms. The SMILES string of the molecule is CC1=COS(=O)(=O)CC1. The monoisotopic (exact) mass is 148 g/mol. The van der Waals surface area contributed by atoms with Crippen molar-refractivity contribution in [2.45, 2.75) is 13.3 Å². The molecule has 4 heteroatoms. The zero-order chi connectivity index (χ0) is 6.91. The lowest BCUT2D eigenvalue weighted by Gasteiger charge is -2.08. The van der Waals surface area contributed by atoms with E-state index in [9.17, 15) is 8.42 Å². The van der Waals surface area contributed by atoms with Crippen LogP contribution in [0.2, 0.25) is 0 Å². The maximum atomic E-state index is 10.5. The van der Waals surface area contributed by atoms with Crippen molar-refractivity contribution >= 4 is 10.1 Å². The van der Waals surface area contributed by atoms with Gasteiger partial charge in [0.1, 0.15) is 6.26 Å². The van der Waals surface area contributed by atoms with Gasteiger partial charge in [0.05, 0.1) is 5.75 Å². The van der Waals surface area contributed by atoms with E-state index in [-0.39, 0.29) is 5.75 Å². The van der Waals surface area contributed by atoms with Gasteiger partial charge in [-0.3, -0.25) is 0 Å². The topological polar surface area (TPSA) is 43.4 Å². The minimum atomic E-state index is -3.19. The summed E-state index contributed by atoms with van der Waals surface area (Å²) in [6.45, 7) is 1.84. The van der Waals surface area contributed by atoms with Crippen molar-refractivity contribution in [2.75, 3.05) is 5.75 Å². The van der Waals surface area contributed by atoms with Gasteiger partial charge in [0.2, 0.25) is 0 Å². The van der Waals surface area contributed by atoms with E-state index in [2.05, 4.69) is 4.18 Å². The van der Waals surface area contributed by atoms with E-state index in [1.54, 1.807) is 0 Å². The van der Waals surface area contributed by atoms with E-state index >= 15 is 0 Å². The standard InChI is InChI=1S/C5H8O3S/c1-5-2-3-9(6,7)8-4-5/h4H,2-3H2,1H3. The second-order valence-corrected chi connectivity index (χ2v) is 3.79. The van der Waals surface area contributed by atoms with Crippen LogP contribution in [0.25, 0.3) is 0 Å². The van der Waals surface area contributed by atoms with Gasteiger partial charge < -0.3 is 4.18 Å². The molecule has 0 aliphatic carbocycles. The van der Waals surface area contributed by atoms with Crippen molar-refractivity contribution in [3.05, 3.63) is 11.8 Å². The highest BCUT2D eigenvalue weighted by Crippen LogP contribution is 2.11. The van der Waals surface area contributed by atoms with Crippen molar-refractivity contribution in [2.24, 2.45) is 0 Å². The summed E-state index contributed by atoms with van der Waals surface area (Å²) in [4.78, 5) is 0. The fourth-order valence-electron chi connectivity index (χ4n) is 0.548. The molecule has 1 aliphatic rings. The lowest BCUT2D eigenvalue weighted by atomic mass is 10.3. The fourth-order valence-corrected chi connectivity index (χ4v) is 1.53. The molecule has 0 fully saturated rings. The van der Waals surface area contributed by atoms with Crippen LogP contribution in [0.4, 0.5) is 0 Å². The Balaban J connectivity index is 2.79. The van der Waals surface area contributed by atoms with Crippen molar-refractivity contribution < 1.29 is 12.6 Å². The number of hydrogen-bond donors (Lipinski definition) is 0. The zero-order valence-corrected chi connectivity index (χ0v) is 5.94. The molecule has 0 radical (unpaired) electrons. The van der Waals surface area contributed by atoms with Gasteiger partial charge in [-0.15, -0.1) is 0 Å². The largest absolute Gasteiger partial charge is 0.390 e. The number of allylic oxidation sites excluding steroid dienone is 1. The highest BCUT2D eigenvalue weighted by atomic mass is 32.2. The maximum absolute atomic E-state index is 10.5. The molecule has 0 unspecified atom stereocenters. The fraction of sp³-hybridized carbons (Fsp3) is 0.600. The molecule has 0 saturated heterocycles. The van der Waals surface area contributed by atoms with Gasteiger partial charge in [0.25, 0.3) is 0 Å². The molecule has 0 atom stereocenters. The first-order valence-corrected chi connectivity index (χ1v) is 4.24. The first-order chi connectivity index (χ1) is 4.10. The first kappa shape index (κ1) is 6.61. The Kier molecular flexibility index (Phi) is 1.48. The van der Waals surface area contributed by atoms with Crippen molar-refractivity contribution in [1.29, 1.82) is 0 Å². The van der Waals surface area contributed by atoms with Crippen LogP contribution < -0.4 is 0 Å². The molecular weight excluding hydrogens is 140 g/mol. The second kappa shape index (κ2) is 2.02. The van der Waals surface area contributed by atoms with Crippen LogP contribution in [0.15, 0.2) is 11.8 Å². The summed E-state index contributed by atoms with van der Waals surface area (Å²) < 4.78 is 25.4. The van der Waals surface area contributed by atoms with Crippen LogP contribution >= 0.6 is 0 Å². The van der Waals surface area contributed by atoms with Crippen LogP contribution in [0.3, 0.4) is 0 Å². The average Bonchev–Trinajstić information content (AvgIpc) is 1.78. The molecule has 1 aliphatic heterocycles. The zero-order valence-electron chi connectivity index (χ0n) is 5.12. The molecule has 0 bridgehead atoms. The second-order valence-electron chi connectivity index (χ2n) is 2.07. The molecule has 52 valence electrons. The normalized spacial score (nSPS) is 24.3. The number of hydrogen-bond acceptors (Lipinski definition) is 3. The summed E-state index contributed by atoms with van der Waals surface area (Å²) in [7, 11) is -3.19. The highest BCUT2D eigenvalue weighted by molar-refractivity contribution is 7.86. The number of rotatable bonds is 0. The van der Waals surface area contributed by atoms with E-state index in [1.807, 2.05) is 6.92 Å². The third-order valence-electron chi connectivity index (χ3n) is 1.14. The Morgan fingerprint density at radius 1 is 1.67 bits per heavy atom. The van der Waals surface area contributed by atoms with E-state index in [1.165, 1.54) is 6.26 Å². The quantitative estimate of drug-likeness (QED) is 0.473. The Labute approximate surface area is 54.5 Å². The van der Waals surface area contributed by atoms with E-state index in [0.29, 0.717) is 6.42 Å². The summed E-state index contributed by atoms with van der Waals surface area (Å²) in [5.74, 6) is 0.120. The Bertz CT molecular complexity index is 225. The summed E-state index contributed by atoms with van der Waals surface area (Å²) in [6, 6.07) is 0. The van der Waals surface area contributed by atoms with Crippen LogP contribution in [0.1, 0.15) is 13.3 Å². The van der Waals surface area contributed by atoms with Crippen LogP contribution in [-0.4, -0.2) is 14.2 Å². The summed E-state index contributed by atoms with van der Waals surface area (Å²) in [5.41, 5.74) is 0.977. The van der Waals surface area contributed by atoms with E-state index in [4.69, 9.17) is 0 Å². The molecular formula is C5H8O3S.